The molecule has 1 aromatic carbocycles. The first-order chi connectivity index (χ1) is 10.6. The number of anilines is 1. The van der Waals surface area contributed by atoms with E-state index in [4.69, 9.17) is 0 Å². The highest BCUT2D eigenvalue weighted by atomic mass is 32.2. The van der Waals surface area contributed by atoms with E-state index in [1.165, 1.54) is 6.08 Å². The molecule has 1 heterocycles. The molecule has 0 saturated carbocycles. The van der Waals surface area contributed by atoms with Crippen LogP contribution in [0.15, 0.2) is 41.8 Å². The molecule has 0 atom stereocenters. The molecule has 1 saturated heterocycles. The van der Waals surface area contributed by atoms with Crippen LogP contribution in [0.5, 0.6) is 0 Å². The molecule has 2 amide bonds. The van der Waals surface area contributed by atoms with Crippen molar-refractivity contribution >= 4 is 29.4 Å². The summed E-state index contributed by atoms with van der Waals surface area (Å²) in [7, 11) is 0. The van der Waals surface area contributed by atoms with E-state index >= 15 is 0 Å². The van der Waals surface area contributed by atoms with Crippen molar-refractivity contribution in [3.05, 3.63) is 36.9 Å². The van der Waals surface area contributed by atoms with Gasteiger partial charge in [-0.15, -0.1) is 0 Å². The van der Waals surface area contributed by atoms with Gasteiger partial charge in [0.15, 0.2) is 0 Å². The van der Waals surface area contributed by atoms with Crippen molar-refractivity contribution in [3.63, 3.8) is 0 Å². The fourth-order valence-electron chi connectivity index (χ4n) is 2.32. The van der Waals surface area contributed by atoms with Crippen molar-refractivity contribution in [1.29, 1.82) is 0 Å². The van der Waals surface area contributed by atoms with Crippen molar-refractivity contribution < 1.29 is 9.59 Å². The van der Waals surface area contributed by atoms with Crippen LogP contribution in [0.3, 0.4) is 0 Å². The summed E-state index contributed by atoms with van der Waals surface area (Å²) in [5, 5.41) is 5.70. The van der Waals surface area contributed by atoms with E-state index in [0.29, 0.717) is 6.04 Å². The molecule has 0 aliphatic carbocycles. The first-order valence-electron chi connectivity index (χ1n) is 7.30. The van der Waals surface area contributed by atoms with E-state index in [2.05, 4.69) is 21.5 Å². The highest BCUT2D eigenvalue weighted by molar-refractivity contribution is 7.97. The molecule has 0 aromatic heterocycles. The van der Waals surface area contributed by atoms with Gasteiger partial charge in [-0.3, -0.25) is 9.59 Å². The number of amides is 2. The van der Waals surface area contributed by atoms with Crippen LogP contribution in [0.2, 0.25) is 0 Å². The van der Waals surface area contributed by atoms with E-state index in [1.54, 1.807) is 18.9 Å². The molecule has 1 fully saturated rings. The summed E-state index contributed by atoms with van der Waals surface area (Å²) in [4.78, 5) is 23.4. The number of carbonyl (C=O) groups is 2. The minimum atomic E-state index is -0.208. The van der Waals surface area contributed by atoms with Crippen LogP contribution in [0, 0.1) is 0 Å². The molecule has 0 radical (unpaired) electrons. The molecule has 2 N–H and O–H groups in total. The summed E-state index contributed by atoms with van der Waals surface area (Å²) in [5.41, 5.74) is 0.763. The second-order valence-corrected chi connectivity index (χ2v) is 6.38. The Bertz CT molecular complexity index is 537. The monoisotopic (exact) mass is 319 g/mol. The number of nitrogens with zero attached hydrogens (tertiary/aromatic N) is 1. The number of benzene rings is 1. The lowest BCUT2D eigenvalue weighted by molar-refractivity contribution is -0.119. The number of piperidine rings is 1. The van der Waals surface area contributed by atoms with Crippen molar-refractivity contribution in [2.24, 2.45) is 0 Å². The van der Waals surface area contributed by atoms with Crippen molar-refractivity contribution in [1.82, 2.24) is 9.62 Å². The van der Waals surface area contributed by atoms with Gasteiger partial charge in [0.2, 0.25) is 11.8 Å². The third kappa shape index (κ3) is 5.20. The Morgan fingerprint density at radius 2 is 1.91 bits per heavy atom. The maximum Gasteiger partial charge on any atom is 0.247 e. The summed E-state index contributed by atoms with van der Waals surface area (Å²) in [6.45, 7) is 6.89. The third-order valence-electron chi connectivity index (χ3n) is 3.40. The van der Waals surface area contributed by atoms with Gasteiger partial charge < -0.3 is 10.6 Å². The highest BCUT2D eigenvalue weighted by Crippen LogP contribution is 2.27. The van der Waals surface area contributed by atoms with Crippen LogP contribution in [0.4, 0.5) is 5.69 Å². The minimum absolute atomic E-state index is 0.0447. The number of carbonyl (C=O) groups excluding carboxylic acids is 2. The predicted octanol–water partition coefficient (Wildman–Crippen LogP) is 2.42. The van der Waals surface area contributed by atoms with Crippen molar-refractivity contribution in [3.8, 4) is 0 Å². The Labute approximate surface area is 135 Å². The van der Waals surface area contributed by atoms with Gasteiger partial charge in [0.05, 0.1) is 0 Å². The van der Waals surface area contributed by atoms with Crippen LogP contribution in [0.1, 0.15) is 19.8 Å². The van der Waals surface area contributed by atoms with E-state index < -0.39 is 0 Å². The summed E-state index contributed by atoms with van der Waals surface area (Å²) >= 11 is 1.71. The number of hydrogen-bond acceptors (Lipinski definition) is 4. The van der Waals surface area contributed by atoms with Crippen molar-refractivity contribution in [2.75, 3.05) is 18.4 Å². The zero-order chi connectivity index (χ0) is 15.9. The lowest BCUT2D eigenvalue weighted by Gasteiger charge is -2.31. The molecule has 0 bridgehead atoms. The minimum Gasteiger partial charge on any atom is -0.354 e. The number of hydrogen-bond donors (Lipinski definition) is 2. The van der Waals surface area contributed by atoms with Gasteiger partial charge in [-0.2, -0.15) is 0 Å². The van der Waals surface area contributed by atoms with Gasteiger partial charge >= 0.3 is 0 Å². The Morgan fingerprint density at radius 3 is 2.45 bits per heavy atom. The second kappa shape index (κ2) is 8.00. The fourth-order valence-corrected chi connectivity index (χ4v) is 3.27. The van der Waals surface area contributed by atoms with Crippen LogP contribution in [0.25, 0.3) is 0 Å². The first-order valence-corrected chi connectivity index (χ1v) is 8.07. The lowest BCUT2D eigenvalue weighted by atomic mass is 10.1. The summed E-state index contributed by atoms with van der Waals surface area (Å²) < 4.78 is 2.30. The van der Waals surface area contributed by atoms with E-state index in [1.807, 2.05) is 24.3 Å². The summed E-state index contributed by atoms with van der Waals surface area (Å²) in [6, 6.07) is 8.04. The molecule has 6 heteroatoms. The highest BCUT2D eigenvalue weighted by Gasteiger charge is 2.20. The Hall–Kier alpha value is -1.79. The molecule has 2 rings (SSSR count). The topological polar surface area (TPSA) is 61.4 Å². The lowest BCUT2D eigenvalue weighted by Crippen LogP contribution is -2.41. The average Bonchev–Trinajstić information content (AvgIpc) is 2.50. The molecular formula is C16H21N3O2S. The maximum atomic E-state index is 11.2. The second-order valence-electron chi connectivity index (χ2n) is 5.21. The van der Waals surface area contributed by atoms with Crippen LogP contribution in [-0.2, 0) is 9.59 Å². The molecule has 0 spiro atoms. The van der Waals surface area contributed by atoms with Crippen LogP contribution in [-0.4, -0.2) is 35.3 Å². The zero-order valence-corrected chi connectivity index (χ0v) is 13.5. The number of nitrogens with one attached hydrogen (secondary N) is 2. The average molecular weight is 319 g/mol. The molecule has 118 valence electrons. The molecule has 5 nitrogen and oxygen atoms in total. The SMILES string of the molecule is C=CC(=O)Nc1ccc(SN2CCC(NC(C)=O)CC2)cc1. The molecule has 1 aromatic rings. The number of rotatable bonds is 5. The third-order valence-corrected chi connectivity index (χ3v) is 4.51. The first kappa shape index (κ1) is 16.6. The van der Waals surface area contributed by atoms with Gasteiger partial charge in [-0.25, -0.2) is 4.31 Å². The van der Waals surface area contributed by atoms with Gasteiger partial charge in [0, 0.05) is 36.6 Å². The molecule has 0 unspecified atom stereocenters. The molecule has 1 aliphatic heterocycles. The standard InChI is InChI=1S/C16H21N3O2S/c1-3-16(21)18-13-4-6-15(7-5-13)22-19-10-8-14(9-11-19)17-12(2)20/h3-7,14H,1,8-11H2,2H3,(H,17,20)(H,18,21). The smallest absolute Gasteiger partial charge is 0.247 e. The Balaban J connectivity index is 1.81. The van der Waals surface area contributed by atoms with Gasteiger partial charge in [-0.05, 0) is 55.1 Å². The van der Waals surface area contributed by atoms with Gasteiger partial charge in [0.1, 0.15) is 0 Å². The van der Waals surface area contributed by atoms with E-state index in [0.717, 1.165) is 36.5 Å². The predicted molar refractivity (Wildman–Crippen MR) is 89.5 cm³/mol. The van der Waals surface area contributed by atoms with Gasteiger partial charge in [0.25, 0.3) is 0 Å². The molecular weight excluding hydrogens is 298 g/mol. The fraction of sp³-hybridized carbons (Fsp3) is 0.375. The van der Waals surface area contributed by atoms with E-state index in [-0.39, 0.29) is 11.8 Å². The van der Waals surface area contributed by atoms with E-state index in [9.17, 15) is 9.59 Å². The van der Waals surface area contributed by atoms with Crippen LogP contribution < -0.4 is 10.6 Å². The summed E-state index contributed by atoms with van der Waals surface area (Å²) in [6.07, 6.45) is 3.20. The molecule has 1 aliphatic rings. The zero-order valence-electron chi connectivity index (χ0n) is 12.7. The Kier molecular flexibility index (Phi) is 6.03. The molecule has 22 heavy (non-hydrogen) atoms. The quantitative estimate of drug-likeness (QED) is 0.646. The maximum absolute atomic E-state index is 11.2. The summed E-state index contributed by atoms with van der Waals surface area (Å²) in [5.74, 6) is -0.163. The normalized spacial score (nSPS) is 16.0. The largest absolute Gasteiger partial charge is 0.354 e. The van der Waals surface area contributed by atoms with Crippen LogP contribution >= 0.6 is 11.9 Å². The Morgan fingerprint density at radius 1 is 1.27 bits per heavy atom. The van der Waals surface area contributed by atoms with Crippen molar-refractivity contribution in [2.45, 2.75) is 30.7 Å². The van der Waals surface area contributed by atoms with Gasteiger partial charge in [-0.1, -0.05) is 6.58 Å².